The molecular weight excluding hydrogens is 380 g/mol. The van der Waals surface area contributed by atoms with Crippen molar-refractivity contribution in [2.24, 2.45) is 7.05 Å². The van der Waals surface area contributed by atoms with Crippen LogP contribution >= 0.6 is 0 Å². The van der Waals surface area contributed by atoms with E-state index in [2.05, 4.69) is 31.0 Å². The van der Waals surface area contributed by atoms with E-state index in [1.54, 1.807) is 24.1 Å². The topological polar surface area (TPSA) is 123 Å². The van der Waals surface area contributed by atoms with E-state index in [9.17, 15) is 4.79 Å². The quantitative estimate of drug-likeness (QED) is 0.517. The summed E-state index contributed by atoms with van der Waals surface area (Å²) in [6.45, 7) is 0. The molecule has 156 valence electrons. The maximum absolute atomic E-state index is 12.2. The van der Waals surface area contributed by atoms with Gasteiger partial charge in [-0.3, -0.25) is 4.68 Å². The van der Waals surface area contributed by atoms with Crippen LogP contribution in [-0.2, 0) is 7.05 Å². The third-order valence-corrected chi connectivity index (χ3v) is 5.34. The molecule has 1 aliphatic rings. The Bertz CT molecular complexity index is 995. The van der Waals surface area contributed by atoms with E-state index in [-0.39, 0.29) is 18.1 Å². The number of nitrogen functional groups attached to an aromatic ring is 1. The van der Waals surface area contributed by atoms with Gasteiger partial charge in [-0.15, -0.1) is 0 Å². The van der Waals surface area contributed by atoms with Crippen molar-refractivity contribution in [2.45, 2.75) is 37.8 Å². The molecule has 3 aromatic rings. The number of para-hydroxylation sites is 1. The zero-order chi connectivity index (χ0) is 20.9. The molecule has 0 aliphatic heterocycles. The van der Waals surface area contributed by atoms with Crippen LogP contribution in [0.3, 0.4) is 0 Å². The summed E-state index contributed by atoms with van der Waals surface area (Å²) in [5.74, 6) is 1.15. The number of nitrogens with zero attached hydrogens (tertiary/aromatic N) is 4. The normalized spacial score (nSPS) is 18.6. The van der Waals surface area contributed by atoms with E-state index in [1.165, 1.54) is 0 Å². The Morgan fingerprint density at radius 1 is 1.10 bits per heavy atom. The Morgan fingerprint density at radius 3 is 2.53 bits per heavy atom. The maximum atomic E-state index is 12.2. The van der Waals surface area contributed by atoms with Crippen molar-refractivity contribution < 1.29 is 4.79 Å². The molecule has 9 nitrogen and oxygen atoms in total. The molecule has 5 N–H and O–H groups in total. The monoisotopic (exact) mass is 406 g/mol. The number of carbonyl (C=O) groups is 1. The van der Waals surface area contributed by atoms with Gasteiger partial charge in [0.2, 0.25) is 5.95 Å². The van der Waals surface area contributed by atoms with Gasteiger partial charge in [0, 0.05) is 31.0 Å². The Morgan fingerprint density at radius 2 is 1.83 bits per heavy atom. The lowest BCUT2D eigenvalue weighted by Crippen LogP contribution is -2.42. The summed E-state index contributed by atoms with van der Waals surface area (Å²) in [6, 6.07) is 11.5. The van der Waals surface area contributed by atoms with Crippen LogP contribution in [0, 0.1) is 0 Å². The molecule has 0 unspecified atom stereocenters. The van der Waals surface area contributed by atoms with Crippen LogP contribution in [0.2, 0.25) is 0 Å². The Labute approximate surface area is 175 Å². The summed E-state index contributed by atoms with van der Waals surface area (Å²) < 4.78 is 1.62. The van der Waals surface area contributed by atoms with Gasteiger partial charge in [-0.1, -0.05) is 18.2 Å². The summed E-state index contributed by atoms with van der Waals surface area (Å²) in [7, 11) is 1.80. The number of nitrogens with two attached hydrogens (primary N) is 1. The summed E-state index contributed by atoms with van der Waals surface area (Å²) in [6.07, 6.45) is 7.08. The van der Waals surface area contributed by atoms with E-state index in [4.69, 9.17) is 5.73 Å². The molecular formula is C21H26N8O. The van der Waals surface area contributed by atoms with Crippen LogP contribution in [0.1, 0.15) is 25.7 Å². The summed E-state index contributed by atoms with van der Waals surface area (Å²) in [4.78, 5) is 21.1. The average Bonchev–Trinajstić information content (AvgIpc) is 3.09. The molecule has 1 aliphatic carbocycles. The molecule has 2 aromatic heterocycles. The van der Waals surface area contributed by atoms with Crippen molar-refractivity contribution >= 4 is 23.5 Å². The first-order chi connectivity index (χ1) is 14.6. The molecule has 9 heteroatoms. The molecule has 2 amide bonds. The van der Waals surface area contributed by atoms with E-state index in [1.807, 2.05) is 36.4 Å². The second kappa shape index (κ2) is 8.81. The lowest BCUT2D eigenvalue weighted by molar-refractivity contribution is 0.243. The van der Waals surface area contributed by atoms with Crippen LogP contribution in [0.5, 0.6) is 0 Å². The summed E-state index contributed by atoms with van der Waals surface area (Å²) >= 11 is 0. The lowest BCUT2D eigenvalue weighted by atomic mass is 9.91. The SMILES string of the molecule is Cn1ncc(-c2ccnc(N[C@H]3CC[C@H](NC(=O)Nc4ccccc4)CC3)n2)c1N. The number of aryl methyl sites for hydroxylation is 1. The van der Waals surface area contributed by atoms with Crippen molar-refractivity contribution in [3.8, 4) is 11.3 Å². The molecule has 0 spiro atoms. The fourth-order valence-corrected chi connectivity index (χ4v) is 3.66. The fourth-order valence-electron chi connectivity index (χ4n) is 3.66. The molecule has 0 bridgehead atoms. The van der Waals surface area contributed by atoms with Gasteiger partial charge in [0.05, 0.1) is 17.5 Å². The van der Waals surface area contributed by atoms with Crippen LogP contribution in [0.25, 0.3) is 11.3 Å². The van der Waals surface area contributed by atoms with Crippen molar-refractivity contribution in [1.29, 1.82) is 0 Å². The average molecular weight is 406 g/mol. The predicted molar refractivity (Wildman–Crippen MR) is 117 cm³/mol. The van der Waals surface area contributed by atoms with Gasteiger partial charge in [-0.2, -0.15) is 5.10 Å². The highest BCUT2D eigenvalue weighted by Crippen LogP contribution is 2.25. The minimum absolute atomic E-state index is 0.161. The molecule has 1 saturated carbocycles. The van der Waals surface area contributed by atoms with Crippen LogP contribution in [0.4, 0.5) is 22.2 Å². The minimum Gasteiger partial charge on any atom is -0.383 e. The summed E-state index contributed by atoms with van der Waals surface area (Å²) in [5.41, 5.74) is 8.37. The lowest BCUT2D eigenvalue weighted by Gasteiger charge is -2.29. The van der Waals surface area contributed by atoms with Gasteiger partial charge < -0.3 is 21.7 Å². The first-order valence-corrected chi connectivity index (χ1v) is 10.1. The zero-order valence-electron chi connectivity index (χ0n) is 16.9. The molecule has 30 heavy (non-hydrogen) atoms. The van der Waals surface area contributed by atoms with Crippen molar-refractivity contribution in [3.63, 3.8) is 0 Å². The third kappa shape index (κ3) is 4.68. The third-order valence-electron chi connectivity index (χ3n) is 5.34. The molecule has 1 aromatic carbocycles. The van der Waals surface area contributed by atoms with Gasteiger partial charge in [0.25, 0.3) is 0 Å². The van der Waals surface area contributed by atoms with Gasteiger partial charge in [-0.25, -0.2) is 14.8 Å². The number of benzene rings is 1. The first kappa shape index (κ1) is 19.7. The Kier molecular flexibility index (Phi) is 5.78. The summed E-state index contributed by atoms with van der Waals surface area (Å²) in [5, 5.41) is 13.5. The standard InChI is InChI=1S/C21H26N8O/c1-29-19(22)17(13-24-29)18-11-12-23-20(28-18)25-15-7-9-16(10-8-15)27-21(30)26-14-5-3-2-4-6-14/h2-6,11-13,15-16H,7-10,22H2,1H3,(H,23,25,28)(H2,26,27,30)/t15-,16-. The number of urea groups is 1. The second-order valence-electron chi connectivity index (χ2n) is 7.49. The van der Waals surface area contributed by atoms with Gasteiger partial charge >= 0.3 is 6.03 Å². The highest BCUT2D eigenvalue weighted by atomic mass is 16.2. The van der Waals surface area contributed by atoms with Crippen LogP contribution < -0.4 is 21.7 Å². The number of amides is 2. The van der Waals surface area contributed by atoms with Crippen LogP contribution in [-0.4, -0.2) is 37.9 Å². The first-order valence-electron chi connectivity index (χ1n) is 10.1. The highest BCUT2D eigenvalue weighted by Gasteiger charge is 2.23. The predicted octanol–water partition coefficient (Wildman–Crippen LogP) is 3.00. The van der Waals surface area contributed by atoms with E-state index >= 15 is 0 Å². The second-order valence-corrected chi connectivity index (χ2v) is 7.49. The van der Waals surface area contributed by atoms with Crippen molar-refractivity contribution in [1.82, 2.24) is 25.1 Å². The van der Waals surface area contributed by atoms with Crippen molar-refractivity contribution in [2.75, 3.05) is 16.4 Å². The zero-order valence-corrected chi connectivity index (χ0v) is 16.9. The Hall–Kier alpha value is -3.62. The van der Waals surface area contributed by atoms with Gasteiger partial charge in [-0.05, 0) is 43.9 Å². The highest BCUT2D eigenvalue weighted by molar-refractivity contribution is 5.89. The largest absolute Gasteiger partial charge is 0.383 e. The van der Waals surface area contributed by atoms with Gasteiger partial charge in [0.15, 0.2) is 0 Å². The van der Waals surface area contributed by atoms with Gasteiger partial charge in [0.1, 0.15) is 5.82 Å². The molecule has 0 atom stereocenters. The number of rotatable bonds is 5. The van der Waals surface area contributed by atoms with E-state index in [0.717, 1.165) is 42.6 Å². The number of anilines is 3. The Balaban J connectivity index is 1.28. The van der Waals surface area contributed by atoms with Crippen LogP contribution in [0.15, 0.2) is 48.8 Å². The van der Waals surface area contributed by atoms with Crippen molar-refractivity contribution in [3.05, 3.63) is 48.8 Å². The molecule has 4 rings (SSSR count). The smallest absolute Gasteiger partial charge is 0.319 e. The molecule has 0 saturated heterocycles. The minimum atomic E-state index is -0.164. The molecule has 2 heterocycles. The number of hydrogen-bond donors (Lipinski definition) is 4. The maximum Gasteiger partial charge on any atom is 0.319 e. The number of nitrogens with one attached hydrogen (secondary N) is 3. The number of hydrogen-bond acceptors (Lipinski definition) is 6. The number of aromatic nitrogens is 4. The fraction of sp³-hybridized carbons (Fsp3) is 0.333. The number of carbonyl (C=O) groups excluding carboxylic acids is 1. The molecule has 0 radical (unpaired) electrons. The van der Waals surface area contributed by atoms with E-state index < -0.39 is 0 Å². The molecule has 1 fully saturated rings. The van der Waals surface area contributed by atoms with E-state index in [0.29, 0.717) is 11.8 Å².